The van der Waals surface area contributed by atoms with Gasteiger partial charge in [0, 0.05) is 24.3 Å². The van der Waals surface area contributed by atoms with Crippen LogP contribution in [0.15, 0.2) is 61.2 Å². The molecule has 0 atom stereocenters. The molecule has 12 heteroatoms. The van der Waals surface area contributed by atoms with Crippen LogP contribution in [0.5, 0.6) is 0 Å². The van der Waals surface area contributed by atoms with Crippen LogP contribution in [0.1, 0.15) is 13.8 Å². The van der Waals surface area contributed by atoms with E-state index in [9.17, 15) is 0 Å². The lowest BCUT2D eigenvalue weighted by molar-refractivity contribution is -2.00. The number of rotatable bonds is 2. The average Bonchev–Trinajstić information content (AvgIpc) is 2.54. The zero-order chi connectivity index (χ0) is 20.6. The number of hydrogen-bond donors (Lipinski definition) is 0. The Hall–Kier alpha value is -1.44. The van der Waals surface area contributed by atoms with Gasteiger partial charge in [-0.05, 0) is 13.8 Å². The molecule has 0 N–H and O–H groups in total. The number of pyridine rings is 2. The van der Waals surface area contributed by atoms with Crippen LogP contribution in [0.2, 0.25) is 0 Å². The quantitative estimate of drug-likeness (QED) is 0.432. The summed E-state index contributed by atoms with van der Waals surface area (Å²) in [6.07, 6.45) is 8.22. The maximum atomic E-state index is 8.49. The molecule has 10 nitrogen and oxygen atoms in total. The largest absolute Gasteiger partial charge is 0.222 e. The van der Waals surface area contributed by atoms with Gasteiger partial charge in [0.15, 0.2) is 24.8 Å². The van der Waals surface area contributed by atoms with Gasteiger partial charge in [0.2, 0.25) is 0 Å². The van der Waals surface area contributed by atoms with E-state index in [1.807, 2.05) is 36.4 Å². The van der Waals surface area contributed by atoms with Crippen molar-refractivity contribution >= 4 is 0 Å². The standard InChI is InChI=1S/2C7H10N.2ClHO4/c2*1-2-8-6-4-3-5-7-8;2*2-1(3,4)5/h2*3-7H,2H2,1H3;2*(H,2,3,4,5)/q2*+1;;/p-2. The zero-order valence-corrected chi connectivity index (χ0v) is 15.6. The maximum absolute atomic E-state index is 8.49. The Kier molecular flexibility index (Phi) is 15.1. The Morgan fingerprint density at radius 3 is 0.808 bits per heavy atom. The summed E-state index contributed by atoms with van der Waals surface area (Å²) < 4.78 is 72.2. The Morgan fingerprint density at radius 1 is 0.500 bits per heavy atom. The molecule has 0 aliphatic heterocycles. The van der Waals surface area contributed by atoms with E-state index < -0.39 is 20.5 Å². The molecular formula is C14H20Cl2N2O8. The van der Waals surface area contributed by atoms with Crippen LogP contribution in [0, 0.1) is 20.5 Å². The molecule has 0 bridgehead atoms. The molecule has 2 aromatic heterocycles. The summed E-state index contributed by atoms with van der Waals surface area (Å²) in [4.78, 5) is 0. The van der Waals surface area contributed by atoms with Gasteiger partial charge in [0.25, 0.3) is 0 Å². The fourth-order valence-electron chi connectivity index (χ4n) is 1.29. The lowest BCUT2D eigenvalue weighted by Gasteiger charge is -2.17. The van der Waals surface area contributed by atoms with Crippen LogP contribution in [-0.4, -0.2) is 0 Å². The van der Waals surface area contributed by atoms with Gasteiger partial charge in [-0.3, -0.25) is 0 Å². The number of nitrogens with zero attached hydrogens (tertiary/aromatic N) is 2. The summed E-state index contributed by atoms with van der Waals surface area (Å²) in [7, 11) is -9.89. The first kappa shape index (κ1) is 26.8. The first-order valence-electron chi connectivity index (χ1n) is 6.98. The zero-order valence-electron chi connectivity index (χ0n) is 14.1. The summed E-state index contributed by atoms with van der Waals surface area (Å²) >= 11 is 0. The van der Waals surface area contributed by atoms with Gasteiger partial charge >= 0.3 is 0 Å². The Balaban J connectivity index is 0. The summed E-state index contributed by atoms with van der Waals surface area (Å²) in [5, 5.41) is 0. The van der Waals surface area contributed by atoms with E-state index in [0.717, 1.165) is 13.1 Å². The normalized spacial score (nSPS) is 10.2. The van der Waals surface area contributed by atoms with Gasteiger partial charge < -0.3 is 0 Å². The van der Waals surface area contributed by atoms with Gasteiger partial charge in [0.05, 0.1) is 0 Å². The van der Waals surface area contributed by atoms with Crippen LogP contribution in [0.3, 0.4) is 0 Å². The van der Waals surface area contributed by atoms with Crippen LogP contribution < -0.4 is 46.4 Å². The molecule has 0 saturated carbocycles. The minimum absolute atomic E-state index is 1.06. The Bertz CT molecular complexity index is 487. The highest BCUT2D eigenvalue weighted by Crippen LogP contribution is 1.75. The van der Waals surface area contributed by atoms with E-state index in [-0.39, 0.29) is 0 Å². The predicted octanol–water partition coefficient (Wildman–Crippen LogP) is -7.52. The van der Waals surface area contributed by atoms with Gasteiger partial charge in [-0.2, -0.15) is 0 Å². The monoisotopic (exact) mass is 414 g/mol. The molecule has 26 heavy (non-hydrogen) atoms. The van der Waals surface area contributed by atoms with Crippen molar-refractivity contribution in [2.75, 3.05) is 0 Å². The van der Waals surface area contributed by atoms with Crippen molar-refractivity contribution in [1.29, 1.82) is 0 Å². The summed E-state index contributed by atoms with van der Waals surface area (Å²) in [6.45, 7) is 6.36. The third-order valence-corrected chi connectivity index (χ3v) is 2.28. The maximum Gasteiger partial charge on any atom is 0.168 e. The molecule has 0 unspecified atom stereocenters. The van der Waals surface area contributed by atoms with Crippen LogP contribution in [0.4, 0.5) is 0 Å². The second-order valence-electron chi connectivity index (χ2n) is 4.17. The molecule has 0 amide bonds. The summed E-state index contributed by atoms with van der Waals surface area (Å²) in [5.74, 6) is 0. The number of aromatic nitrogens is 2. The number of aryl methyl sites for hydroxylation is 2. The fourth-order valence-corrected chi connectivity index (χ4v) is 1.29. The predicted molar refractivity (Wildman–Crippen MR) is 64.6 cm³/mol. The van der Waals surface area contributed by atoms with Crippen molar-refractivity contribution in [3.8, 4) is 0 Å². The van der Waals surface area contributed by atoms with E-state index in [1.165, 1.54) is 0 Å². The highest BCUT2D eigenvalue weighted by atomic mass is 35.7. The van der Waals surface area contributed by atoms with Crippen molar-refractivity contribution < 1.29 is 66.9 Å². The first-order valence-corrected chi connectivity index (χ1v) is 9.45. The molecule has 2 heterocycles. The molecular weight excluding hydrogens is 395 g/mol. The van der Waals surface area contributed by atoms with Crippen molar-refractivity contribution in [3.63, 3.8) is 0 Å². The lowest BCUT2D eigenvalue weighted by Crippen LogP contribution is -2.68. The smallest absolute Gasteiger partial charge is 0.168 e. The molecule has 0 aliphatic rings. The minimum Gasteiger partial charge on any atom is -0.222 e. The van der Waals surface area contributed by atoms with E-state index in [1.54, 1.807) is 0 Å². The lowest BCUT2D eigenvalue weighted by atomic mass is 10.5. The molecule has 148 valence electrons. The number of halogens is 2. The topological polar surface area (TPSA) is 192 Å². The Morgan fingerprint density at radius 2 is 0.692 bits per heavy atom. The molecule has 0 aliphatic carbocycles. The van der Waals surface area contributed by atoms with Crippen molar-refractivity contribution in [1.82, 2.24) is 0 Å². The molecule has 0 saturated heterocycles. The first-order chi connectivity index (χ1) is 11.9. The molecule has 2 rings (SSSR count). The fraction of sp³-hybridized carbons (Fsp3) is 0.286. The van der Waals surface area contributed by atoms with E-state index >= 15 is 0 Å². The summed E-state index contributed by atoms with van der Waals surface area (Å²) in [5.41, 5.74) is 0. The van der Waals surface area contributed by atoms with Crippen molar-refractivity contribution in [3.05, 3.63) is 61.2 Å². The van der Waals surface area contributed by atoms with E-state index in [2.05, 4.69) is 47.8 Å². The second-order valence-corrected chi connectivity index (χ2v) is 5.68. The van der Waals surface area contributed by atoms with Gasteiger partial charge in [-0.1, -0.05) is 12.1 Å². The molecule has 0 aromatic carbocycles. The third-order valence-electron chi connectivity index (χ3n) is 2.28. The highest BCUT2D eigenvalue weighted by molar-refractivity contribution is 4.83. The van der Waals surface area contributed by atoms with Crippen molar-refractivity contribution in [2.24, 2.45) is 0 Å². The third kappa shape index (κ3) is 30.4. The molecule has 0 fully saturated rings. The molecule has 0 radical (unpaired) electrons. The van der Waals surface area contributed by atoms with E-state index in [0.29, 0.717) is 0 Å². The molecule has 0 spiro atoms. The van der Waals surface area contributed by atoms with Crippen molar-refractivity contribution in [2.45, 2.75) is 26.9 Å². The SMILES string of the molecule is CC[n+]1ccccc1.CC[n+]1ccccc1.[O-][Cl+3]([O-])([O-])[O-].[O-][Cl+3]([O-])([O-])[O-]. The van der Waals surface area contributed by atoms with E-state index in [4.69, 9.17) is 37.3 Å². The minimum atomic E-state index is -4.94. The Labute approximate surface area is 155 Å². The molecule has 2 aromatic rings. The second kappa shape index (κ2) is 14.7. The number of hydrogen-bond acceptors (Lipinski definition) is 8. The van der Waals surface area contributed by atoms with Gasteiger partial charge in [0.1, 0.15) is 13.1 Å². The van der Waals surface area contributed by atoms with Crippen LogP contribution >= 0.6 is 0 Å². The average molecular weight is 415 g/mol. The summed E-state index contributed by atoms with van der Waals surface area (Å²) in [6, 6.07) is 12.2. The highest BCUT2D eigenvalue weighted by Gasteiger charge is 1.87. The van der Waals surface area contributed by atoms with Gasteiger partial charge in [-0.15, -0.1) is 20.5 Å². The van der Waals surface area contributed by atoms with Crippen LogP contribution in [0.25, 0.3) is 0 Å². The van der Waals surface area contributed by atoms with Crippen LogP contribution in [-0.2, 0) is 13.1 Å². The van der Waals surface area contributed by atoms with Gasteiger partial charge in [-0.25, -0.2) is 46.4 Å².